The zero-order valence-electron chi connectivity index (χ0n) is 30.7. The fourth-order valence-electron chi connectivity index (χ4n) is 6.98. The standard InChI is InChI=1S/C41H51FN8O/c1-8-16-48(7)24-26(5)45-33(11-4)29-19-32(42)40-37-20-30-18-28(35-23-44-39(47-35)25-49(17-9-2)27(6)14-15-43)12-13-36(30)50(37)41(51-38(40)21-29)34-22-31(10-3)46-34/h11-13,18-23,41,45H,5-6,8-10,14-17,24-25,43H2,1-4,7H3,(H,44,47)/b33-11-. The van der Waals surface area contributed by atoms with Crippen molar-refractivity contribution in [3.05, 3.63) is 102 Å². The predicted octanol–water partition coefficient (Wildman–Crippen LogP) is 8.36. The highest BCUT2D eigenvalue weighted by Crippen LogP contribution is 2.46. The smallest absolute Gasteiger partial charge is 0.220 e. The molecule has 268 valence electrons. The second-order valence-electron chi connectivity index (χ2n) is 13.4. The molecule has 0 saturated carbocycles. The lowest BCUT2D eigenvalue weighted by atomic mass is 10.0. The van der Waals surface area contributed by atoms with Gasteiger partial charge in [0.15, 0.2) is 0 Å². The molecule has 0 saturated heterocycles. The Morgan fingerprint density at radius 1 is 1.14 bits per heavy atom. The number of halogens is 1. The number of nitrogens with two attached hydrogens (primary N) is 1. The van der Waals surface area contributed by atoms with Gasteiger partial charge in [-0.05, 0) is 89.2 Å². The molecule has 0 amide bonds. The van der Waals surface area contributed by atoms with Crippen LogP contribution in [0.5, 0.6) is 5.75 Å². The van der Waals surface area contributed by atoms with Crippen molar-refractivity contribution in [3.63, 3.8) is 0 Å². The van der Waals surface area contributed by atoms with Crippen molar-refractivity contribution in [3.8, 4) is 28.3 Å². The van der Waals surface area contributed by atoms with Crippen LogP contribution in [0, 0.1) is 5.82 Å². The Balaban J connectivity index is 1.35. The maximum atomic E-state index is 16.4. The average molecular weight is 691 g/mol. The molecule has 1 unspecified atom stereocenters. The highest BCUT2D eigenvalue weighted by Gasteiger charge is 2.35. The summed E-state index contributed by atoms with van der Waals surface area (Å²) in [7, 11) is 2.07. The third kappa shape index (κ3) is 7.43. The van der Waals surface area contributed by atoms with Crippen LogP contribution in [0.1, 0.15) is 71.0 Å². The summed E-state index contributed by atoms with van der Waals surface area (Å²) in [5.74, 6) is 0.986. The first-order valence-corrected chi connectivity index (χ1v) is 18.1. The normalized spacial score (nSPS) is 15.1. The predicted molar refractivity (Wildman–Crippen MR) is 208 cm³/mol. The summed E-state index contributed by atoms with van der Waals surface area (Å²) in [6, 6.07) is 11.8. The van der Waals surface area contributed by atoms with Gasteiger partial charge in [-0.15, -0.1) is 0 Å². The number of nitrogens with one attached hydrogen (secondary N) is 2. The first kappa shape index (κ1) is 35.9. The van der Waals surface area contributed by atoms with Gasteiger partial charge in [-0.1, -0.05) is 46.1 Å². The number of ether oxygens (including phenoxy) is 1. The summed E-state index contributed by atoms with van der Waals surface area (Å²) >= 11 is 0. The second kappa shape index (κ2) is 15.5. The summed E-state index contributed by atoms with van der Waals surface area (Å²) in [6.45, 7) is 20.5. The number of benzene rings is 2. The van der Waals surface area contributed by atoms with E-state index in [1.807, 2.05) is 25.3 Å². The van der Waals surface area contributed by atoms with E-state index < -0.39 is 6.23 Å². The number of nitrogens with zero attached hydrogens (tertiary/aromatic N) is 5. The summed E-state index contributed by atoms with van der Waals surface area (Å²) in [6.07, 6.45) is 9.00. The molecule has 10 heteroatoms. The molecule has 2 aromatic heterocycles. The topological polar surface area (TPSA) is 99.7 Å². The zero-order valence-corrected chi connectivity index (χ0v) is 30.7. The minimum absolute atomic E-state index is 0.355. The number of aromatic amines is 1. The van der Waals surface area contributed by atoms with E-state index in [1.54, 1.807) is 6.07 Å². The highest BCUT2D eigenvalue weighted by atomic mass is 19.1. The third-order valence-electron chi connectivity index (χ3n) is 9.46. The van der Waals surface area contributed by atoms with Crippen molar-refractivity contribution in [2.75, 3.05) is 33.2 Å². The number of aromatic nitrogens is 3. The molecule has 4 N–H and O–H groups in total. The number of likely N-dealkylation sites (N-methyl/N-ethyl adjacent to an activating group) is 1. The highest BCUT2D eigenvalue weighted by molar-refractivity contribution is 6.05. The van der Waals surface area contributed by atoms with Gasteiger partial charge in [0.1, 0.15) is 23.1 Å². The van der Waals surface area contributed by atoms with Crippen LogP contribution < -0.4 is 15.8 Å². The van der Waals surface area contributed by atoms with E-state index in [9.17, 15) is 0 Å². The van der Waals surface area contributed by atoms with Crippen LogP contribution in [0.4, 0.5) is 4.39 Å². The maximum Gasteiger partial charge on any atom is 0.220 e. The number of H-pyrrole nitrogens is 1. The average Bonchev–Trinajstić information content (AvgIpc) is 3.71. The molecule has 0 bridgehead atoms. The van der Waals surface area contributed by atoms with Crippen LogP contribution in [-0.4, -0.2) is 63.3 Å². The first-order chi connectivity index (χ1) is 24.7. The van der Waals surface area contributed by atoms with Gasteiger partial charge < -0.3 is 30.6 Å². The van der Waals surface area contributed by atoms with E-state index in [-0.39, 0.29) is 5.82 Å². The molecule has 2 aromatic carbocycles. The Labute approximate surface area is 301 Å². The van der Waals surface area contributed by atoms with E-state index in [2.05, 4.69) is 96.0 Å². The van der Waals surface area contributed by atoms with Gasteiger partial charge in [-0.2, -0.15) is 0 Å². The molecule has 1 atom stereocenters. The van der Waals surface area contributed by atoms with E-state index in [4.69, 9.17) is 20.4 Å². The monoisotopic (exact) mass is 690 g/mol. The van der Waals surface area contributed by atoms with Crippen LogP contribution in [0.15, 0.2) is 90.0 Å². The van der Waals surface area contributed by atoms with E-state index in [0.717, 1.165) is 101 Å². The fourth-order valence-corrected chi connectivity index (χ4v) is 6.98. The molecule has 6 rings (SSSR count). The lowest BCUT2D eigenvalue weighted by molar-refractivity contribution is 0.199. The minimum Gasteiger partial charge on any atom is -0.463 e. The van der Waals surface area contributed by atoms with Crippen molar-refractivity contribution in [1.29, 1.82) is 0 Å². The quantitative estimate of drug-likeness (QED) is 0.103. The van der Waals surface area contributed by atoms with Crippen LogP contribution in [-0.2, 0) is 6.54 Å². The summed E-state index contributed by atoms with van der Waals surface area (Å²) in [5.41, 5.74) is 15.0. The first-order valence-electron chi connectivity index (χ1n) is 18.1. The minimum atomic E-state index is -0.537. The van der Waals surface area contributed by atoms with Gasteiger partial charge in [0.25, 0.3) is 0 Å². The fraction of sp³-hybridized carbons (Fsp3) is 0.366. The van der Waals surface area contributed by atoms with Gasteiger partial charge in [0.05, 0.1) is 35.2 Å². The summed E-state index contributed by atoms with van der Waals surface area (Å²) in [5, 5.41) is 4.38. The Bertz CT molecular complexity index is 2030. The van der Waals surface area contributed by atoms with E-state index in [1.165, 1.54) is 0 Å². The van der Waals surface area contributed by atoms with Gasteiger partial charge in [0, 0.05) is 52.4 Å². The number of imidazole rings is 1. The number of hydrogen-bond donors (Lipinski definition) is 3. The molecule has 2 aliphatic heterocycles. The molecule has 0 aliphatic carbocycles. The molecule has 9 nitrogen and oxygen atoms in total. The Hall–Kier alpha value is -4.93. The number of aliphatic imine (C=N–C) groups is 1. The molecule has 4 aromatic rings. The van der Waals surface area contributed by atoms with E-state index in [0.29, 0.717) is 36.5 Å². The molecular formula is C41H51FN8O. The van der Waals surface area contributed by atoms with Gasteiger partial charge in [-0.3, -0.25) is 9.56 Å². The van der Waals surface area contributed by atoms with Crippen molar-refractivity contribution >= 4 is 22.3 Å². The number of allylic oxidation sites excluding steroid dienone is 2. The van der Waals surface area contributed by atoms with Gasteiger partial charge >= 0.3 is 0 Å². The number of rotatable bonds is 17. The Kier molecular flexibility index (Phi) is 10.9. The van der Waals surface area contributed by atoms with Crippen LogP contribution in [0.2, 0.25) is 0 Å². The van der Waals surface area contributed by atoms with Crippen LogP contribution in [0.3, 0.4) is 0 Å². The van der Waals surface area contributed by atoms with Gasteiger partial charge in [-0.25, -0.2) is 9.37 Å². The zero-order chi connectivity index (χ0) is 36.2. The van der Waals surface area contributed by atoms with E-state index >= 15 is 4.39 Å². The van der Waals surface area contributed by atoms with Gasteiger partial charge in [0.2, 0.25) is 6.23 Å². The Morgan fingerprint density at radius 2 is 1.92 bits per heavy atom. The molecule has 0 radical (unpaired) electrons. The molecule has 0 spiro atoms. The summed E-state index contributed by atoms with van der Waals surface area (Å²) < 4.78 is 25.1. The lowest BCUT2D eigenvalue weighted by Crippen LogP contribution is -2.30. The van der Waals surface area contributed by atoms with Crippen molar-refractivity contribution in [2.45, 2.75) is 66.2 Å². The summed E-state index contributed by atoms with van der Waals surface area (Å²) in [4.78, 5) is 17.4. The van der Waals surface area contributed by atoms with Crippen molar-refractivity contribution in [1.82, 2.24) is 29.7 Å². The lowest BCUT2D eigenvalue weighted by Gasteiger charge is -2.32. The molecule has 0 fully saturated rings. The number of hydrogen-bond acceptors (Lipinski definition) is 7. The maximum absolute atomic E-state index is 16.4. The molecule has 51 heavy (non-hydrogen) atoms. The molecule has 2 aliphatic rings. The number of fused-ring (bicyclic) bond motifs is 5. The largest absolute Gasteiger partial charge is 0.463 e. The van der Waals surface area contributed by atoms with Crippen molar-refractivity contribution < 1.29 is 9.13 Å². The Morgan fingerprint density at radius 3 is 2.63 bits per heavy atom. The SMILES string of the molecule is C=C(CN(C)CCC)N/C(=C\C)c1cc(F)c2c(c1)OC(C1=NC(CC)=C1)n1c-2cc2cc(-c3cnc(CN(CCC)C(=C)CCN)[nH]3)ccc21. The van der Waals surface area contributed by atoms with Crippen LogP contribution >= 0.6 is 0 Å². The van der Waals surface area contributed by atoms with Crippen molar-refractivity contribution in [2.24, 2.45) is 10.7 Å². The second-order valence-corrected chi connectivity index (χ2v) is 13.4. The third-order valence-corrected chi connectivity index (χ3v) is 9.46. The molecule has 4 heterocycles. The van der Waals surface area contributed by atoms with Crippen LogP contribution in [0.25, 0.3) is 39.1 Å². The molecular weight excluding hydrogens is 640 g/mol.